The van der Waals surface area contributed by atoms with Crippen LogP contribution in [0.25, 0.3) is 0 Å². The van der Waals surface area contributed by atoms with E-state index in [4.69, 9.17) is 24.7 Å². The van der Waals surface area contributed by atoms with Gasteiger partial charge in [-0.1, -0.05) is 0 Å². The van der Waals surface area contributed by atoms with E-state index in [0.29, 0.717) is 49.8 Å². The molecule has 0 radical (unpaired) electrons. The first-order valence-corrected chi connectivity index (χ1v) is 7.48. The molecule has 8 heteroatoms. The van der Waals surface area contributed by atoms with E-state index in [1.54, 1.807) is 27.4 Å². The van der Waals surface area contributed by atoms with Gasteiger partial charge in [0.15, 0.2) is 11.5 Å². The number of hydrogen-bond donors (Lipinski definition) is 2. The van der Waals surface area contributed by atoms with Crippen molar-refractivity contribution < 1.29 is 23.7 Å². The zero-order valence-electron chi connectivity index (χ0n) is 14.2. The molecular formula is C16H25ClN2O5. The summed E-state index contributed by atoms with van der Waals surface area (Å²) in [5, 5.41) is 2.88. The van der Waals surface area contributed by atoms with Crippen LogP contribution < -0.4 is 25.3 Å². The van der Waals surface area contributed by atoms with Crippen LogP contribution in [0.3, 0.4) is 0 Å². The normalized spacial score (nSPS) is 15.8. The molecule has 0 bridgehead atoms. The molecule has 1 fully saturated rings. The summed E-state index contributed by atoms with van der Waals surface area (Å²) in [5.74, 6) is 1.41. The smallest absolute Gasteiger partial charge is 0.240 e. The minimum atomic E-state index is -0.873. The van der Waals surface area contributed by atoms with Crippen molar-refractivity contribution in [1.82, 2.24) is 5.32 Å². The molecule has 0 saturated carbocycles. The Hall–Kier alpha value is -1.70. The van der Waals surface area contributed by atoms with Gasteiger partial charge < -0.3 is 30.0 Å². The molecule has 0 atom stereocenters. The average molecular weight is 361 g/mol. The van der Waals surface area contributed by atoms with Gasteiger partial charge >= 0.3 is 0 Å². The Kier molecular flexibility index (Phi) is 7.59. The highest BCUT2D eigenvalue weighted by molar-refractivity contribution is 5.86. The molecule has 136 valence electrons. The van der Waals surface area contributed by atoms with Crippen LogP contribution in [-0.4, -0.2) is 46.0 Å². The van der Waals surface area contributed by atoms with Crippen LogP contribution in [0.1, 0.15) is 18.4 Å². The molecule has 7 nitrogen and oxygen atoms in total. The molecule has 2 rings (SSSR count). The van der Waals surface area contributed by atoms with Gasteiger partial charge in [0.2, 0.25) is 11.7 Å². The van der Waals surface area contributed by atoms with Gasteiger partial charge in [0.25, 0.3) is 0 Å². The third kappa shape index (κ3) is 4.23. The molecule has 1 amide bonds. The number of rotatable bonds is 6. The summed E-state index contributed by atoms with van der Waals surface area (Å²) in [4.78, 5) is 12.4. The summed E-state index contributed by atoms with van der Waals surface area (Å²) >= 11 is 0. The van der Waals surface area contributed by atoms with E-state index < -0.39 is 5.54 Å². The summed E-state index contributed by atoms with van der Waals surface area (Å²) in [6.45, 7) is 1.30. The zero-order valence-corrected chi connectivity index (χ0v) is 15.0. The van der Waals surface area contributed by atoms with E-state index >= 15 is 0 Å². The lowest BCUT2D eigenvalue weighted by Crippen LogP contribution is -2.56. The monoisotopic (exact) mass is 360 g/mol. The SMILES string of the molecule is COc1ccc(CNC(=O)C2(N)CCOCC2)c(OC)c1OC.Cl. The number of methoxy groups -OCH3 is 3. The Balaban J connectivity index is 0.00000288. The molecule has 0 aromatic heterocycles. The van der Waals surface area contributed by atoms with Gasteiger partial charge in [0.05, 0.1) is 26.9 Å². The van der Waals surface area contributed by atoms with Crippen LogP contribution in [-0.2, 0) is 16.1 Å². The quantitative estimate of drug-likeness (QED) is 0.793. The number of halogens is 1. The Morgan fingerprint density at radius 1 is 1.17 bits per heavy atom. The number of ether oxygens (including phenoxy) is 4. The van der Waals surface area contributed by atoms with Crippen LogP contribution in [0.15, 0.2) is 12.1 Å². The fraction of sp³-hybridized carbons (Fsp3) is 0.562. The molecule has 3 N–H and O–H groups in total. The van der Waals surface area contributed by atoms with Crippen molar-refractivity contribution >= 4 is 18.3 Å². The highest BCUT2D eigenvalue weighted by Gasteiger charge is 2.35. The molecule has 1 saturated heterocycles. The Morgan fingerprint density at radius 3 is 2.33 bits per heavy atom. The van der Waals surface area contributed by atoms with Gasteiger partial charge in [0.1, 0.15) is 0 Å². The number of carbonyl (C=O) groups is 1. The maximum absolute atomic E-state index is 12.4. The van der Waals surface area contributed by atoms with Crippen LogP contribution in [0, 0.1) is 0 Å². The zero-order chi connectivity index (χ0) is 16.9. The minimum absolute atomic E-state index is 0. The van der Waals surface area contributed by atoms with Crippen LogP contribution >= 0.6 is 12.4 Å². The lowest BCUT2D eigenvalue weighted by molar-refractivity contribution is -0.129. The molecule has 0 unspecified atom stereocenters. The topological polar surface area (TPSA) is 92.0 Å². The van der Waals surface area contributed by atoms with Crippen molar-refractivity contribution in [2.24, 2.45) is 5.73 Å². The van der Waals surface area contributed by atoms with Crippen molar-refractivity contribution in [2.45, 2.75) is 24.9 Å². The number of hydrogen-bond acceptors (Lipinski definition) is 6. The first-order valence-electron chi connectivity index (χ1n) is 7.48. The van der Waals surface area contributed by atoms with E-state index in [1.165, 1.54) is 0 Å². The number of benzene rings is 1. The van der Waals surface area contributed by atoms with Gasteiger partial charge in [-0.05, 0) is 25.0 Å². The van der Waals surface area contributed by atoms with Gasteiger partial charge in [-0.15, -0.1) is 12.4 Å². The maximum Gasteiger partial charge on any atom is 0.240 e. The fourth-order valence-electron chi connectivity index (χ4n) is 2.62. The first kappa shape index (κ1) is 20.3. The van der Waals surface area contributed by atoms with Crippen LogP contribution in [0.5, 0.6) is 17.2 Å². The molecule has 1 heterocycles. The molecule has 1 aliphatic rings. The summed E-state index contributed by atoms with van der Waals surface area (Å²) in [6.07, 6.45) is 1.03. The van der Waals surface area contributed by atoms with Crippen molar-refractivity contribution in [3.05, 3.63) is 17.7 Å². The third-order valence-corrected chi connectivity index (χ3v) is 4.06. The number of carbonyl (C=O) groups excluding carboxylic acids is 1. The summed E-state index contributed by atoms with van der Waals surface area (Å²) in [7, 11) is 4.65. The van der Waals surface area contributed by atoms with Crippen molar-refractivity contribution in [2.75, 3.05) is 34.5 Å². The Labute approximate surface area is 148 Å². The largest absolute Gasteiger partial charge is 0.493 e. The fourth-order valence-corrected chi connectivity index (χ4v) is 2.62. The van der Waals surface area contributed by atoms with Gasteiger partial charge in [0, 0.05) is 25.3 Å². The van der Waals surface area contributed by atoms with Crippen molar-refractivity contribution in [3.63, 3.8) is 0 Å². The molecule has 1 aromatic carbocycles. The maximum atomic E-state index is 12.4. The minimum Gasteiger partial charge on any atom is -0.493 e. The third-order valence-electron chi connectivity index (χ3n) is 4.06. The van der Waals surface area contributed by atoms with E-state index in [-0.39, 0.29) is 18.3 Å². The number of nitrogens with one attached hydrogen (secondary N) is 1. The van der Waals surface area contributed by atoms with Gasteiger partial charge in [-0.3, -0.25) is 4.79 Å². The first-order chi connectivity index (χ1) is 11.1. The van der Waals surface area contributed by atoms with Gasteiger partial charge in [-0.2, -0.15) is 0 Å². The second kappa shape index (κ2) is 8.96. The molecule has 0 spiro atoms. The summed E-state index contributed by atoms with van der Waals surface area (Å²) < 4.78 is 21.2. The lowest BCUT2D eigenvalue weighted by atomic mass is 9.90. The van der Waals surface area contributed by atoms with Crippen LogP contribution in [0.2, 0.25) is 0 Å². The predicted molar refractivity (Wildman–Crippen MR) is 92.2 cm³/mol. The number of amides is 1. The summed E-state index contributed by atoms with van der Waals surface area (Å²) in [6, 6.07) is 3.60. The van der Waals surface area contributed by atoms with Crippen LogP contribution in [0.4, 0.5) is 0 Å². The lowest BCUT2D eigenvalue weighted by Gasteiger charge is -2.31. The highest BCUT2D eigenvalue weighted by Crippen LogP contribution is 2.39. The molecule has 0 aliphatic carbocycles. The van der Waals surface area contributed by atoms with E-state index in [2.05, 4.69) is 5.32 Å². The predicted octanol–water partition coefficient (Wildman–Crippen LogP) is 1.26. The van der Waals surface area contributed by atoms with E-state index in [0.717, 1.165) is 5.56 Å². The number of nitrogens with two attached hydrogens (primary N) is 1. The molecule has 1 aliphatic heterocycles. The van der Waals surface area contributed by atoms with Crippen molar-refractivity contribution in [3.8, 4) is 17.2 Å². The molecule has 24 heavy (non-hydrogen) atoms. The standard InChI is InChI=1S/C16H24N2O5.ClH/c1-20-12-5-4-11(13(21-2)14(12)22-3)10-18-15(19)16(17)6-8-23-9-7-16;/h4-5H,6-10,17H2,1-3H3,(H,18,19);1H. The van der Waals surface area contributed by atoms with Crippen molar-refractivity contribution in [1.29, 1.82) is 0 Å². The molecular weight excluding hydrogens is 336 g/mol. The highest BCUT2D eigenvalue weighted by atomic mass is 35.5. The average Bonchev–Trinajstić information content (AvgIpc) is 2.59. The Morgan fingerprint density at radius 2 is 1.79 bits per heavy atom. The van der Waals surface area contributed by atoms with E-state index in [9.17, 15) is 4.79 Å². The van der Waals surface area contributed by atoms with Gasteiger partial charge in [-0.25, -0.2) is 0 Å². The van der Waals surface area contributed by atoms with E-state index in [1.807, 2.05) is 6.07 Å². The molecule has 1 aromatic rings. The second-order valence-corrected chi connectivity index (χ2v) is 5.44. The summed E-state index contributed by atoms with van der Waals surface area (Å²) in [5.41, 5.74) is 6.08. The Bertz CT molecular complexity index is 562. The second-order valence-electron chi connectivity index (χ2n) is 5.44.